The molecule has 6 heteroatoms. The van der Waals surface area contributed by atoms with Crippen LogP contribution in [0.3, 0.4) is 0 Å². The largest absolute Gasteiger partial charge is 0.344 e. The van der Waals surface area contributed by atoms with E-state index in [-0.39, 0.29) is 11.8 Å². The molecule has 0 unspecified atom stereocenters. The highest BCUT2D eigenvalue weighted by atomic mass is 35.5. The van der Waals surface area contributed by atoms with Gasteiger partial charge in [0.2, 0.25) is 5.91 Å². The highest BCUT2D eigenvalue weighted by molar-refractivity contribution is 6.30. The van der Waals surface area contributed by atoms with Crippen molar-refractivity contribution in [2.75, 3.05) is 0 Å². The van der Waals surface area contributed by atoms with E-state index in [1.165, 1.54) is 6.21 Å². The predicted octanol–water partition coefficient (Wildman–Crippen LogP) is 1.07. The van der Waals surface area contributed by atoms with Crippen LogP contribution in [0.25, 0.3) is 0 Å². The molecule has 1 heterocycles. The molecule has 1 aromatic carbocycles. The maximum absolute atomic E-state index is 11.6. The van der Waals surface area contributed by atoms with Crippen LogP contribution in [0.1, 0.15) is 18.4 Å². The molecular formula is C12H12ClN3O2. The van der Waals surface area contributed by atoms with Crippen LogP contribution in [0.5, 0.6) is 0 Å². The Labute approximate surface area is 109 Å². The first-order chi connectivity index (χ1) is 8.65. The highest BCUT2D eigenvalue weighted by Crippen LogP contribution is 2.08. The Bertz CT molecular complexity index is 485. The number of nitrogens with one attached hydrogen (secondary N) is 2. The van der Waals surface area contributed by atoms with Crippen molar-refractivity contribution in [1.82, 2.24) is 10.7 Å². The lowest BCUT2D eigenvalue weighted by atomic mass is 10.2. The second-order valence-electron chi connectivity index (χ2n) is 3.94. The van der Waals surface area contributed by atoms with Gasteiger partial charge in [0.05, 0.1) is 6.21 Å². The molecule has 5 nitrogen and oxygen atoms in total. The number of hydrogen-bond acceptors (Lipinski definition) is 3. The number of halogens is 1. The Morgan fingerprint density at radius 2 is 2.17 bits per heavy atom. The number of benzene rings is 1. The first kappa shape index (κ1) is 12.6. The van der Waals surface area contributed by atoms with Crippen molar-refractivity contribution in [3.8, 4) is 0 Å². The minimum absolute atomic E-state index is 0.100. The van der Waals surface area contributed by atoms with Gasteiger partial charge in [-0.1, -0.05) is 23.7 Å². The second-order valence-corrected chi connectivity index (χ2v) is 4.38. The van der Waals surface area contributed by atoms with Crippen molar-refractivity contribution in [2.45, 2.75) is 18.9 Å². The van der Waals surface area contributed by atoms with Crippen molar-refractivity contribution in [3.63, 3.8) is 0 Å². The average Bonchev–Trinajstić information content (AvgIpc) is 2.78. The normalized spacial score (nSPS) is 18.9. The van der Waals surface area contributed by atoms with E-state index >= 15 is 0 Å². The first-order valence-electron chi connectivity index (χ1n) is 5.53. The summed E-state index contributed by atoms with van der Waals surface area (Å²) in [6.45, 7) is 0. The molecule has 1 aliphatic rings. The summed E-state index contributed by atoms with van der Waals surface area (Å²) >= 11 is 5.74. The van der Waals surface area contributed by atoms with E-state index in [1.54, 1.807) is 24.3 Å². The van der Waals surface area contributed by atoms with Gasteiger partial charge in [-0.25, -0.2) is 5.43 Å². The van der Waals surface area contributed by atoms with Gasteiger partial charge in [0.15, 0.2) is 0 Å². The van der Waals surface area contributed by atoms with E-state index in [0.717, 1.165) is 5.56 Å². The van der Waals surface area contributed by atoms with Crippen LogP contribution in [-0.2, 0) is 9.59 Å². The molecule has 0 spiro atoms. The fourth-order valence-electron chi connectivity index (χ4n) is 1.61. The van der Waals surface area contributed by atoms with Gasteiger partial charge in [-0.05, 0) is 24.1 Å². The Hall–Kier alpha value is -1.88. The Kier molecular flexibility index (Phi) is 3.94. The molecule has 18 heavy (non-hydrogen) atoms. The van der Waals surface area contributed by atoms with E-state index in [1.807, 2.05) is 0 Å². The van der Waals surface area contributed by atoms with E-state index in [4.69, 9.17) is 11.6 Å². The topological polar surface area (TPSA) is 70.6 Å². The van der Waals surface area contributed by atoms with Gasteiger partial charge in [-0.2, -0.15) is 5.10 Å². The maximum Gasteiger partial charge on any atom is 0.262 e. The van der Waals surface area contributed by atoms with E-state index in [9.17, 15) is 9.59 Å². The molecule has 0 radical (unpaired) electrons. The van der Waals surface area contributed by atoms with E-state index < -0.39 is 6.04 Å². The van der Waals surface area contributed by atoms with Crippen molar-refractivity contribution >= 4 is 29.6 Å². The molecule has 2 N–H and O–H groups in total. The third-order valence-corrected chi connectivity index (χ3v) is 2.82. The van der Waals surface area contributed by atoms with Crippen LogP contribution in [0.2, 0.25) is 5.02 Å². The average molecular weight is 266 g/mol. The standard InChI is InChI=1S/C12H12ClN3O2/c13-9-3-1-8(2-4-9)7-14-16-12(18)10-5-6-11(17)15-10/h1-4,7,10H,5-6H2,(H,15,17)(H,16,18)/b14-7+/t10-/m0/s1. The lowest BCUT2D eigenvalue weighted by Gasteiger charge is -2.06. The Morgan fingerprint density at radius 3 is 2.78 bits per heavy atom. The van der Waals surface area contributed by atoms with Crippen molar-refractivity contribution in [1.29, 1.82) is 0 Å². The SMILES string of the molecule is O=C1CC[C@@H](C(=O)N/N=C/c2ccc(Cl)cc2)N1. The van der Waals surface area contributed by atoms with Crippen molar-refractivity contribution in [3.05, 3.63) is 34.9 Å². The lowest BCUT2D eigenvalue weighted by Crippen LogP contribution is -2.39. The Balaban J connectivity index is 1.85. The summed E-state index contributed by atoms with van der Waals surface area (Å²) < 4.78 is 0. The van der Waals surface area contributed by atoms with Gasteiger partial charge in [0, 0.05) is 11.4 Å². The number of nitrogens with zero attached hydrogens (tertiary/aromatic N) is 1. The van der Waals surface area contributed by atoms with Crippen LogP contribution < -0.4 is 10.7 Å². The number of carbonyl (C=O) groups excluding carboxylic acids is 2. The molecule has 1 fully saturated rings. The number of hydrazone groups is 1. The summed E-state index contributed by atoms with van der Waals surface area (Å²) in [5, 5.41) is 7.03. The number of hydrogen-bond donors (Lipinski definition) is 2. The second kappa shape index (κ2) is 5.64. The molecule has 2 amide bonds. The monoisotopic (exact) mass is 265 g/mol. The molecule has 1 saturated heterocycles. The van der Waals surface area contributed by atoms with Crippen LogP contribution in [0.15, 0.2) is 29.4 Å². The van der Waals surface area contributed by atoms with Crippen LogP contribution >= 0.6 is 11.6 Å². The molecule has 1 atom stereocenters. The third-order valence-electron chi connectivity index (χ3n) is 2.57. The molecular weight excluding hydrogens is 254 g/mol. The van der Waals surface area contributed by atoms with Gasteiger partial charge in [-0.15, -0.1) is 0 Å². The lowest BCUT2D eigenvalue weighted by molar-refractivity contribution is -0.125. The zero-order valence-electron chi connectivity index (χ0n) is 9.52. The smallest absolute Gasteiger partial charge is 0.262 e. The number of amides is 2. The molecule has 0 aliphatic carbocycles. The third kappa shape index (κ3) is 3.30. The minimum Gasteiger partial charge on any atom is -0.344 e. The minimum atomic E-state index is -0.472. The molecule has 0 bridgehead atoms. The molecule has 0 saturated carbocycles. The van der Waals surface area contributed by atoms with Crippen molar-refractivity contribution in [2.24, 2.45) is 5.10 Å². The van der Waals surface area contributed by atoms with E-state index in [2.05, 4.69) is 15.8 Å². The molecule has 2 rings (SSSR count). The van der Waals surface area contributed by atoms with Gasteiger partial charge in [-0.3, -0.25) is 9.59 Å². The summed E-state index contributed by atoms with van der Waals surface area (Å²) in [5.41, 5.74) is 3.22. The molecule has 1 aliphatic heterocycles. The van der Waals surface area contributed by atoms with Crippen LogP contribution in [-0.4, -0.2) is 24.1 Å². The van der Waals surface area contributed by atoms with Gasteiger partial charge >= 0.3 is 0 Å². The zero-order chi connectivity index (χ0) is 13.0. The summed E-state index contributed by atoms with van der Waals surface area (Å²) in [7, 11) is 0. The summed E-state index contributed by atoms with van der Waals surface area (Å²) in [4.78, 5) is 22.5. The fraction of sp³-hybridized carbons (Fsp3) is 0.250. The molecule has 0 aromatic heterocycles. The van der Waals surface area contributed by atoms with Gasteiger partial charge in [0.1, 0.15) is 6.04 Å². The maximum atomic E-state index is 11.6. The summed E-state index contributed by atoms with van der Waals surface area (Å²) in [5.74, 6) is -0.400. The number of rotatable bonds is 3. The first-order valence-corrected chi connectivity index (χ1v) is 5.91. The van der Waals surface area contributed by atoms with Crippen LogP contribution in [0.4, 0.5) is 0 Å². The van der Waals surface area contributed by atoms with Crippen LogP contribution in [0, 0.1) is 0 Å². The van der Waals surface area contributed by atoms with Gasteiger partial charge < -0.3 is 5.32 Å². The number of carbonyl (C=O) groups is 2. The summed E-state index contributed by atoms with van der Waals surface area (Å²) in [6.07, 6.45) is 2.42. The molecule has 1 aromatic rings. The fourth-order valence-corrected chi connectivity index (χ4v) is 1.73. The highest BCUT2D eigenvalue weighted by Gasteiger charge is 2.26. The quantitative estimate of drug-likeness (QED) is 0.634. The zero-order valence-corrected chi connectivity index (χ0v) is 10.3. The van der Waals surface area contributed by atoms with Gasteiger partial charge in [0.25, 0.3) is 5.91 Å². The Morgan fingerprint density at radius 1 is 1.44 bits per heavy atom. The predicted molar refractivity (Wildman–Crippen MR) is 68.4 cm³/mol. The van der Waals surface area contributed by atoms with Crippen molar-refractivity contribution < 1.29 is 9.59 Å². The van der Waals surface area contributed by atoms with E-state index in [0.29, 0.717) is 17.9 Å². The molecule has 94 valence electrons. The summed E-state index contributed by atoms with van der Waals surface area (Å²) in [6, 6.07) is 6.58.